The predicted molar refractivity (Wildman–Crippen MR) is 117 cm³/mol. The molecule has 1 unspecified atom stereocenters. The molecule has 2 aromatic rings. The van der Waals surface area contributed by atoms with Gasteiger partial charge in [-0.05, 0) is 56.7 Å². The van der Waals surface area contributed by atoms with E-state index in [1.54, 1.807) is 14.2 Å². The van der Waals surface area contributed by atoms with Crippen molar-refractivity contribution in [2.75, 3.05) is 19.5 Å². The second-order valence-corrected chi connectivity index (χ2v) is 7.44. The van der Waals surface area contributed by atoms with Crippen LogP contribution in [0.4, 0.5) is 5.69 Å². The number of rotatable bonds is 5. The summed E-state index contributed by atoms with van der Waals surface area (Å²) in [5.74, 6) is 2.24. The highest BCUT2D eigenvalue weighted by molar-refractivity contribution is 5.96. The zero-order valence-corrected chi connectivity index (χ0v) is 17.4. The molecule has 0 aromatic heterocycles. The summed E-state index contributed by atoms with van der Waals surface area (Å²) in [5.41, 5.74) is 8.20. The Morgan fingerprint density at radius 1 is 1.00 bits per heavy atom. The van der Waals surface area contributed by atoms with Gasteiger partial charge in [-0.2, -0.15) is 5.43 Å². The van der Waals surface area contributed by atoms with Crippen molar-refractivity contribution in [2.24, 2.45) is 4.99 Å². The molecule has 150 valence electrons. The van der Waals surface area contributed by atoms with Crippen molar-refractivity contribution in [1.29, 1.82) is 0 Å². The average molecular weight is 390 g/mol. The Labute approximate surface area is 171 Å². The third-order valence-electron chi connectivity index (χ3n) is 5.16. The second-order valence-electron chi connectivity index (χ2n) is 7.44. The molecular weight excluding hydrogens is 364 g/mol. The maximum atomic E-state index is 5.54. The van der Waals surface area contributed by atoms with Crippen molar-refractivity contribution >= 4 is 17.0 Å². The summed E-state index contributed by atoms with van der Waals surface area (Å²) in [6.07, 6.45) is 3.99. The largest absolute Gasteiger partial charge is 0.493 e. The molecule has 0 radical (unpaired) electrons. The molecular formula is C23H26N4O2. The molecule has 0 spiro atoms. The van der Waals surface area contributed by atoms with Gasteiger partial charge in [0.05, 0.1) is 14.2 Å². The fraction of sp³-hybridized carbons (Fsp3) is 0.261. The molecule has 2 heterocycles. The molecule has 0 fully saturated rings. The molecule has 2 N–H and O–H groups in total. The molecule has 6 heteroatoms. The fourth-order valence-corrected chi connectivity index (χ4v) is 3.72. The Hall–Kier alpha value is -3.25. The molecule has 0 saturated heterocycles. The molecule has 6 nitrogen and oxygen atoms in total. The number of hydrogen-bond donors (Lipinski definition) is 2. The van der Waals surface area contributed by atoms with E-state index >= 15 is 0 Å². The van der Waals surface area contributed by atoms with E-state index < -0.39 is 5.66 Å². The maximum Gasteiger partial charge on any atom is 0.161 e. The maximum absolute atomic E-state index is 5.54. The Kier molecular flexibility index (Phi) is 4.80. The number of nitrogens with one attached hydrogen (secondary N) is 2. The number of nitrogens with zero attached hydrogens (tertiary/aromatic N) is 2. The summed E-state index contributed by atoms with van der Waals surface area (Å²) in [7, 11) is 3.29. The van der Waals surface area contributed by atoms with Crippen molar-refractivity contribution in [3.05, 3.63) is 71.7 Å². The number of hydrazine groups is 1. The first-order chi connectivity index (χ1) is 13.9. The zero-order valence-electron chi connectivity index (χ0n) is 17.4. The predicted octanol–water partition coefficient (Wildman–Crippen LogP) is 4.32. The number of hydrogen-bond acceptors (Lipinski definition) is 6. The lowest BCUT2D eigenvalue weighted by atomic mass is 9.94. The van der Waals surface area contributed by atoms with Crippen LogP contribution in [-0.4, -0.2) is 30.6 Å². The summed E-state index contributed by atoms with van der Waals surface area (Å²) >= 11 is 0. The van der Waals surface area contributed by atoms with Crippen LogP contribution in [0.3, 0.4) is 0 Å². The third kappa shape index (κ3) is 3.47. The Bertz CT molecular complexity index is 1020. The molecule has 0 amide bonds. The minimum Gasteiger partial charge on any atom is -0.493 e. The van der Waals surface area contributed by atoms with Gasteiger partial charge in [0, 0.05) is 23.2 Å². The molecule has 29 heavy (non-hydrogen) atoms. The Balaban J connectivity index is 1.84. The molecule has 0 aliphatic carbocycles. The van der Waals surface area contributed by atoms with Gasteiger partial charge in [-0.1, -0.05) is 23.8 Å². The van der Waals surface area contributed by atoms with E-state index in [4.69, 9.17) is 14.5 Å². The van der Waals surface area contributed by atoms with Crippen LogP contribution >= 0.6 is 0 Å². The first kappa shape index (κ1) is 19.1. The lowest BCUT2D eigenvalue weighted by Crippen LogP contribution is -2.50. The number of aliphatic imine (C=N–C) groups is 1. The first-order valence-electron chi connectivity index (χ1n) is 9.56. The Morgan fingerprint density at radius 3 is 2.41 bits per heavy atom. The van der Waals surface area contributed by atoms with Crippen molar-refractivity contribution < 1.29 is 9.47 Å². The van der Waals surface area contributed by atoms with Crippen LogP contribution in [0.25, 0.3) is 5.57 Å². The van der Waals surface area contributed by atoms with E-state index in [2.05, 4.69) is 48.9 Å². The van der Waals surface area contributed by atoms with E-state index in [9.17, 15) is 0 Å². The van der Waals surface area contributed by atoms with Crippen LogP contribution in [0.2, 0.25) is 0 Å². The minimum absolute atomic E-state index is 0.581. The van der Waals surface area contributed by atoms with E-state index in [0.717, 1.165) is 28.4 Å². The molecule has 2 aliphatic rings. The quantitative estimate of drug-likeness (QED) is 0.796. The van der Waals surface area contributed by atoms with Gasteiger partial charge in [-0.3, -0.25) is 5.01 Å². The van der Waals surface area contributed by atoms with Crippen molar-refractivity contribution in [3.63, 3.8) is 0 Å². The highest BCUT2D eigenvalue weighted by Gasteiger charge is 2.42. The third-order valence-corrected chi connectivity index (χ3v) is 5.16. The number of methoxy groups -OCH3 is 2. The minimum atomic E-state index is -0.581. The smallest absolute Gasteiger partial charge is 0.161 e. The number of allylic oxidation sites excluding steroid dienone is 1. The molecule has 2 aliphatic heterocycles. The lowest BCUT2D eigenvalue weighted by Gasteiger charge is -2.31. The van der Waals surface area contributed by atoms with Crippen LogP contribution in [0.5, 0.6) is 11.5 Å². The van der Waals surface area contributed by atoms with Gasteiger partial charge in [0.2, 0.25) is 0 Å². The number of benzene rings is 2. The van der Waals surface area contributed by atoms with Gasteiger partial charge in [-0.15, -0.1) is 0 Å². The average Bonchev–Trinajstić information content (AvgIpc) is 3.00. The van der Waals surface area contributed by atoms with Crippen molar-refractivity contribution in [3.8, 4) is 11.5 Å². The molecule has 1 atom stereocenters. The summed E-state index contributed by atoms with van der Waals surface area (Å²) in [4.78, 5) is 4.81. The first-order valence-corrected chi connectivity index (χ1v) is 9.56. The summed E-state index contributed by atoms with van der Waals surface area (Å²) < 4.78 is 11.0. The highest BCUT2D eigenvalue weighted by Crippen LogP contribution is 2.42. The highest BCUT2D eigenvalue weighted by atomic mass is 16.5. The summed E-state index contributed by atoms with van der Waals surface area (Å²) in [6.45, 7) is 6.19. The van der Waals surface area contributed by atoms with E-state index in [-0.39, 0.29) is 0 Å². The SMILES string of the molecule is COc1ccc(C2=C3N=C(C)C=CN3NC2(C)Nc2ccc(C)cc2)cc1OC. The molecule has 2 aromatic carbocycles. The van der Waals surface area contributed by atoms with Gasteiger partial charge in [0.15, 0.2) is 17.3 Å². The standard InChI is InChI=1S/C23H26N4O2/c1-15-6-9-18(10-7-15)25-23(3)21(22-24-16(2)12-13-27(22)26-23)17-8-11-19(28-4)20(14-17)29-5/h6-14,25-26H,1-5H3. The van der Waals surface area contributed by atoms with Gasteiger partial charge >= 0.3 is 0 Å². The molecule has 4 rings (SSSR count). The monoisotopic (exact) mass is 390 g/mol. The number of ether oxygens (including phenoxy) is 2. The second kappa shape index (κ2) is 7.29. The van der Waals surface area contributed by atoms with Crippen molar-refractivity contribution in [2.45, 2.75) is 26.4 Å². The lowest BCUT2D eigenvalue weighted by molar-refractivity contribution is 0.300. The van der Waals surface area contributed by atoms with Gasteiger partial charge < -0.3 is 14.8 Å². The number of fused-ring (bicyclic) bond motifs is 1. The van der Waals surface area contributed by atoms with E-state index in [1.807, 2.05) is 42.4 Å². The van der Waals surface area contributed by atoms with Crippen LogP contribution in [0, 0.1) is 6.92 Å². The van der Waals surface area contributed by atoms with Gasteiger partial charge in [-0.25, -0.2) is 4.99 Å². The Morgan fingerprint density at radius 2 is 1.72 bits per heavy atom. The van der Waals surface area contributed by atoms with Gasteiger partial charge in [0.25, 0.3) is 0 Å². The number of aryl methyl sites for hydroxylation is 1. The fourth-order valence-electron chi connectivity index (χ4n) is 3.72. The van der Waals surface area contributed by atoms with Crippen molar-refractivity contribution in [1.82, 2.24) is 10.4 Å². The zero-order chi connectivity index (χ0) is 20.6. The van der Waals surface area contributed by atoms with Crippen LogP contribution in [-0.2, 0) is 0 Å². The van der Waals surface area contributed by atoms with Crippen LogP contribution in [0.1, 0.15) is 25.0 Å². The topological polar surface area (TPSA) is 58.1 Å². The molecule has 0 saturated carbocycles. The summed E-state index contributed by atoms with van der Waals surface area (Å²) in [6, 6.07) is 14.3. The van der Waals surface area contributed by atoms with E-state index in [0.29, 0.717) is 11.5 Å². The molecule has 0 bridgehead atoms. The van der Waals surface area contributed by atoms with E-state index in [1.165, 1.54) is 5.56 Å². The van der Waals surface area contributed by atoms with Gasteiger partial charge in [0.1, 0.15) is 5.66 Å². The number of anilines is 1. The van der Waals surface area contributed by atoms with Crippen LogP contribution < -0.4 is 20.2 Å². The summed E-state index contributed by atoms with van der Waals surface area (Å²) in [5, 5.41) is 5.60. The van der Waals surface area contributed by atoms with Crippen LogP contribution in [0.15, 0.2) is 65.6 Å². The normalized spacial score (nSPS) is 20.4.